The minimum absolute atomic E-state index is 0.00325. The number of hydrogen-bond acceptors (Lipinski definition) is 5. The number of rotatable bonds is 7. The molecule has 0 N–H and O–H groups in total. The smallest absolute Gasteiger partial charge is 0.277 e. The van der Waals surface area contributed by atoms with Crippen LogP contribution < -0.4 is 0 Å². The van der Waals surface area contributed by atoms with Crippen LogP contribution in [-0.2, 0) is 14.4 Å². The van der Waals surface area contributed by atoms with Crippen molar-refractivity contribution < 1.29 is 23.2 Å². The van der Waals surface area contributed by atoms with Gasteiger partial charge in [0.15, 0.2) is 5.78 Å². The summed E-state index contributed by atoms with van der Waals surface area (Å²) in [6, 6.07) is 4.03. The Bertz CT molecular complexity index is 1020. The number of hydrogen-bond donors (Lipinski definition) is 0. The van der Waals surface area contributed by atoms with Gasteiger partial charge in [0.05, 0.1) is 5.71 Å². The number of aliphatic imine (C=N–C) groups is 2. The molecule has 0 bridgehead atoms. The van der Waals surface area contributed by atoms with E-state index in [1.165, 1.54) is 20.3 Å². The van der Waals surface area contributed by atoms with Crippen molar-refractivity contribution in [2.45, 2.75) is 58.8 Å². The molecule has 6 nitrogen and oxygen atoms in total. The van der Waals surface area contributed by atoms with Gasteiger partial charge in [-0.15, -0.1) is 0 Å². The molecule has 3 atom stereocenters. The second-order valence-corrected chi connectivity index (χ2v) is 9.85. The first-order valence-corrected chi connectivity index (χ1v) is 12.2. The Morgan fingerprint density at radius 2 is 1.71 bits per heavy atom. The largest absolute Gasteiger partial charge is 0.342 e. The highest BCUT2D eigenvalue weighted by Crippen LogP contribution is 2.40. The fourth-order valence-corrected chi connectivity index (χ4v) is 5.78. The van der Waals surface area contributed by atoms with Gasteiger partial charge in [-0.2, -0.15) is 0 Å². The zero-order chi connectivity index (χ0) is 25.9. The van der Waals surface area contributed by atoms with Crippen LogP contribution >= 0.6 is 0 Å². The normalized spacial score (nSPS) is 23.1. The molecular weight excluding hydrogens is 452 g/mol. The summed E-state index contributed by atoms with van der Waals surface area (Å²) in [4.78, 5) is 48.1. The number of halogens is 2. The first-order valence-electron chi connectivity index (χ1n) is 12.2. The highest BCUT2D eigenvalue weighted by Gasteiger charge is 2.44. The van der Waals surface area contributed by atoms with Crippen molar-refractivity contribution in [3.63, 3.8) is 0 Å². The predicted octanol–water partition coefficient (Wildman–Crippen LogP) is 4.13. The number of amides is 1. The molecule has 0 radical (unpaired) electrons. The van der Waals surface area contributed by atoms with Crippen LogP contribution in [-0.4, -0.2) is 67.9 Å². The molecule has 0 spiro atoms. The Labute approximate surface area is 205 Å². The highest BCUT2D eigenvalue weighted by molar-refractivity contribution is 6.17. The number of aryl methyl sites for hydroxylation is 3. The molecule has 2 aliphatic rings. The van der Waals surface area contributed by atoms with Gasteiger partial charge in [-0.25, -0.2) is 8.78 Å². The Morgan fingerprint density at radius 3 is 2.23 bits per heavy atom. The van der Waals surface area contributed by atoms with E-state index in [1.54, 1.807) is 4.90 Å². The van der Waals surface area contributed by atoms with Crippen molar-refractivity contribution in [1.29, 1.82) is 0 Å². The maximum absolute atomic E-state index is 13.4. The summed E-state index contributed by atoms with van der Waals surface area (Å²) in [7, 11) is 2.70. The van der Waals surface area contributed by atoms with Crippen molar-refractivity contribution in [3.8, 4) is 0 Å². The monoisotopic (exact) mass is 487 g/mol. The highest BCUT2D eigenvalue weighted by atomic mass is 19.3. The summed E-state index contributed by atoms with van der Waals surface area (Å²) in [6.45, 7) is 6.76. The van der Waals surface area contributed by atoms with Gasteiger partial charge in [0, 0.05) is 45.7 Å². The Kier molecular flexibility index (Phi) is 8.67. The summed E-state index contributed by atoms with van der Waals surface area (Å²) in [5, 5.41) is 0. The molecule has 8 heteroatoms. The second-order valence-electron chi connectivity index (χ2n) is 9.85. The molecule has 1 heterocycles. The fraction of sp³-hybridized carbons (Fsp3) is 0.593. The van der Waals surface area contributed by atoms with E-state index in [-0.39, 0.29) is 29.8 Å². The first kappa shape index (κ1) is 26.8. The van der Waals surface area contributed by atoms with Crippen LogP contribution in [0.15, 0.2) is 22.1 Å². The van der Waals surface area contributed by atoms with E-state index >= 15 is 0 Å². The fourth-order valence-electron chi connectivity index (χ4n) is 5.78. The van der Waals surface area contributed by atoms with Gasteiger partial charge < -0.3 is 4.90 Å². The maximum atomic E-state index is 13.4. The standard InChI is InChI=1S/C27H35F2N3O3/c1-15-10-16(2)22(17(3)11-15)23-21(33)13-19(25(23)34)12-18-6-8-32(9-7-18)27(35)20(14-30-4)24(31-5)26(28)29/h10-11,14,18-20,23,26H,6-9,12-13H2,1-5H3. The lowest BCUT2D eigenvalue weighted by molar-refractivity contribution is -0.133. The van der Waals surface area contributed by atoms with Crippen LogP contribution in [0.4, 0.5) is 8.78 Å². The van der Waals surface area contributed by atoms with Gasteiger partial charge >= 0.3 is 0 Å². The number of ketones is 2. The van der Waals surface area contributed by atoms with Crippen molar-refractivity contribution in [2.75, 3.05) is 27.2 Å². The third-order valence-corrected chi connectivity index (χ3v) is 7.39. The topological polar surface area (TPSA) is 79.2 Å². The predicted molar refractivity (Wildman–Crippen MR) is 133 cm³/mol. The van der Waals surface area contributed by atoms with Crippen molar-refractivity contribution in [3.05, 3.63) is 34.4 Å². The lowest BCUT2D eigenvalue weighted by Crippen LogP contribution is -2.46. The van der Waals surface area contributed by atoms with E-state index < -0.39 is 29.9 Å². The Hall–Kier alpha value is -2.77. The lowest BCUT2D eigenvalue weighted by atomic mass is 9.83. The summed E-state index contributed by atoms with van der Waals surface area (Å²) in [6.07, 6.45) is 0.603. The Morgan fingerprint density at radius 1 is 1.11 bits per heavy atom. The molecule has 1 aliphatic carbocycles. The molecule has 3 unspecified atom stereocenters. The molecule has 1 aliphatic heterocycles. The third-order valence-electron chi connectivity index (χ3n) is 7.39. The quantitative estimate of drug-likeness (QED) is 0.428. The summed E-state index contributed by atoms with van der Waals surface area (Å²) < 4.78 is 26.7. The molecule has 190 valence electrons. The molecule has 3 rings (SSSR count). The number of Topliss-reactive ketones (excluding diaryl/α,β-unsaturated/α-hetero) is 2. The van der Waals surface area contributed by atoms with Crippen molar-refractivity contribution in [2.24, 2.45) is 27.7 Å². The first-order chi connectivity index (χ1) is 16.6. The minimum Gasteiger partial charge on any atom is -0.342 e. The van der Waals surface area contributed by atoms with Crippen LogP contribution in [0, 0.1) is 38.5 Å². The van der Waals surface area contributed by atoms with Gasteiger partial charge in [-0.1, -0.05) is 17.7 Å². The average Bonchev–Trinajstić information content (AvgIpc) is 3.06. The van der Waals surface area contributed by atoms with Crippen LogP contribution in [0.5, 0.6) is 0 Å². The number of benzene rings is 1. The molecule has 1 amide bonds. The number of likely N-dealkylation sites (tertiary alicyclic amines) is 1. The molecule has 35 heavy (non-hydrogen) atoms. The van der Waals surface area contributed by atoms with Crippen LogP contribution in [0.25, 0.3) is 0 Å². The van der Waals surface area contributed by atoms with Crippen LogP contribution in [0.1, 0.15) is 53.9 Å². The van der Waals surface area contributed by atoms with E-state index in [2.05, 4.69) is 9.98 Å². The SMILES string of the molecule is CN=CC(C(=O)N1CCC(CC2CC(=O)C(c3c(C)cc(C)cc3C)C2=O)CC1)C(=NC)C(F)F. The number of nitrogens with zero attached hydrogens (tertiary/aromatic N) is 3. The summed E-state index contributed by atoms with van der Waals surface area (Å²) >= 11 is 0. The zero-order valence-electron chi connectivity index (χ0n) is 21.2. The van der Waals surface area contributed by atoms with Gasteiger partial charge in [-0.3, -0.25) is 24.4 Å². The zero-order valence-corrected chi connectivity index (χ0v) is 21.2. The lowest BCUT2D eigenvalue weighted by Gasteiger charge is -2.34. The van der Waals surface area contributed by atoms with Crippen LogP contribution in [0.3, 0.4) is 0 Å². The van der Waals surface area contributed by atoms with E-state index in [4.69, 9.17) is 0 Å². The molecule has 0 aromatic heterocycles. The number of alkyl halides is 2. The molecular formula is C27H35F2N3O3. The van der Waals surface area contributed by atoms with Gasteiger partial charge in [0.1, 0.15) is 17.6 Å². The number of carbonyl (C=O) groups excluding carboxylic acids is 3. The van der Waals surface area contributed by atoms with E-state index in [9.17, 15) is 23.2 Å². The van der Waals surface area contributed by atoms with E-state index in [0.717, 1.165) is 22.3 Å². The maximum Gasteiger partial charge on any atom is 0.277 e. The summed E-state index contributed by atoms with van der Waals surface area (Å²) in [5.74, 6) is -2.39. The van der Waals surface area contributed by atoms with Crippen LogP contribution in [0.2, 0.25) is 0 Å². The third kappa shape index (κ3) is 5.73. The summed E-state index contributed by atoms with van der Waals surface area (Å²) in [5.41, 5.74) is 3.43. The van der Waals surface area contributed by atoms with Crippen molar-refractivity contribution in [1.82, 2.24) is 4.90 Å². The van der Waals surface area contributed by atoms with Crippen molar-refractivity contribution >= 4 is 29.4 Å². The number of piperidine rings is 1. The van der Waals surface area contributed by atoms with Gasteiger partial charge in [-0.05, 0) is 62.6 Å². The van der Waals surface area contributed by atoms with E-state index in [1.807, 2.05) is 32.9 Å². The van der Waals surface area contributed by atoms with Gasteiger partial charge in [0.25, 0.3) is 6.43 Å². The van der Waals surface area contributed by atoms with E-state index in [0.29, 0.717) is 32.4 Å². The van der Waals surface area contributed by atoms with Gasteiger partial charge in [0.2, 0.25) is 5.91 Å². The number of carbonyl (C=O) groups is 3. The Balaban J connectivity index is 1.64. The molecule has 1 aromatic rings. The molecule has 1 aromatic carbocycles. The molecule has 1 saturated heterocycles. The molecule has 1 saturated carbocycles. The second kappa shape index (κ2) is 11.3. The minimum atomic E-state index is -2.83. The molecule has 2 fully saturated rings. The average molecular weight is 488 g/mol.